The van der Waals surface area contributed by atoms with Crippen molar-refractivity contribution in [2.75, 3.05) is 13.1 Å². The van der Waals surface area contributed by atoms with Crippen molar-refractivity contribution in [2.24, 2.45) is 5.41 Å². The fourth-order valence-electron chi connectivity index (χ4n) is 4.70. The van der Waals surface area contributed by atoms with Gasteiger partial charge in [-0.3, -0.25) is 4.90 Å². The molecule has 0 N–H and O–H groups in total. The van der Waals surface area contributed by atoms with E-state index in [0.29, 0.717) is 5.41 Å². The highest BCUT2D eigenvalue weighted by molar-refractivity contribution is 5.52. The first-order chi connectivity index (χ1) is 13.9. The second-order valence-electron chi connectivity index (χ2n) is 9.61. The van der Waals surface area contributed by atoms with Gasteiger partial charge in [-0.15, -0.1) is 0 Å². The Labute approximate surface area is 178 Å². The van der Waals surface area contributed by atoms with Crippen molar-refractivity contribution in [1.29, 1.82) is 0 Å². The van der Waals surface area contributed by atoms with Crippen LogP contribution in [0.25, 0.3) is 6.08 Å². The summed E-state index contributed by atoms with van der Waals surface area (Å²) >= 11 is 0. The Morgan fingerprint density at radius 1 is 1.00 bits per heavy atom. The van der Waals surface area contributed by atoms with Crippen LogP contribution in [0.15, 0.2) is 65.3 Å². The highest BCUT2D eigenvalue weighted by Gasteiger charge is 2.26. The Morgan fingerprint density at radius 2 is 1.72 bits per heavy atom. The summed E-state index contributed by atoms with van der Waals surface area (Å²) in [6.45, 7) is 12.9. The first kappa shape index (κ1) is 21.8. The minimum atomic E-state index is 0.310. The van der Waals surface area contributed by atoms with Gasteiger partial charge in [-0.1, -0.05) is 86.1 Å². The summed E-state index contributed by atoms with van der Waals surface area (Å²) in [6.07, 6.45) is 19.2. The van der Waals surface area contributed by atoms with Crippen molar-refractivity contribution in [3.8, 4) is 0 Å². The van der Waals surface area contributed by atoms with Crippen molar-refractivity contribution in [3.05, 3.63) is 76.4 Å². The van der Waals surface area contributed by atoms with E-state index in [9.17, 15) is 0 Å². The van der Waals surface area contributed by atoms with Crippen LogP contribution in [0.1, 0.15) is 77.3 Å². The largest absolute Gasteiger partial charge is 0.299 e. The summed E-state index contributed by atoms with van der Waals surface area (Å²) < 4.78 is 0. The van der Waals surface area contributed by atoms with Crippen LogP contribution in [0, 0.1) is 5.41 Å². The molecule has 0 atom stereocenters. The molecule has 2 aliphatic rings. The van der Waals surface area contributed by atoms with Crippen LogP contribution >= 0.6 is 0 Å². The van der Waals surface area contributed by atoms with Crippen LogP contribution in [0.5, 0.6) is 0 Å². The molecule has 0 radical (unpaired) electrons. The zero-order chi connectivity index (χ0) is 20.7. The van der Waals surface area contributed by atoms with Gasteiger partial charge in [0.25, 0.3) is 0 Å². The first-order valence-corrected chi connectivity index (χ1v) is 11.5. The van der Waals surface area contributed by atoms with E-state index in [-0.39, 0.29) is 0 Å². The molecule has 0 bridgehead atoms. The molecular weight excluding hydrogens is 350 g/mol. The average molecular weight is 390 g/mol. The van der Waals surface area contributed by atoms with Crippen molar-refractivity contribution in [2.45, 2.75) is 72.8 Å². The second kappa shape index (κ2) is 10.3. The van der Waals surface area contributed by atoms with Crippen LogP contribution in [0.4, 0.5) is 0 Å². The monoisotopic (exact) mass is 389 g/mol. The molecular formula is C28H39N. The van der Waals surface area contributed by atoms with Crippen molar-refractivity contribution >= 4 is 6.08 Å². The van der Waals surface area contributed by atoms with Crippen LogP contribution in [0.2, 0.25) is 0 Å². The number of nitrogens with zero attached hydrogens (tertiary/aromatic N) is 1. The molecule has 156 valence electrons. The lowest BCUT2D eigenvalue weighted by Crippen LogP contribution is -2.28. The normalized spacial score (nSPS) is 21.4. The van der Waals surface area contributed by atoms with Gasteiger partial charge >= 0.3 is 0 Å². The lowest BCUT2D eigenvalue weighted by molar-refractivity contribution is 0.221. The minimum Gasteiger partial charge on any atom is -0.299 e. The van der Waals surface area contributed by atoms with E-state index in [2.05, 4.69) is 87.2 Å². The molecule has 0 unspecified atom stereocenters. The van der Waals surface area contributed by atoms with Gasteiger partial charge in [-0.05, 0) is 81.2 Å². The van der Waals surface area contributed by atoms with E-state index in [0.717, 1.165) is 6.54 Å². The maximum absolute atomic E-state index is 2.58. The third-order valence-corrected chi connectivity index (χ3v) is 6.54. The molecule has 0 saturated carbocycles. The van der Waals surface area contributed by atoms with Crippen molar-refractivity contribution in [1.82, 2.24) is 4.90 Å². The molecule has 1 aliphatic heterocycles. The zero-order valence-corrected chi connectivity index (χ0v) is 19.0. The molecule has 1 saturated heterocycles. The molecule has 1 aliphatic carbocycles. The summed E-state index contributed by atoms with van der Waals surface area (Å²) in [6, 6.07) is 9.05. The zero-order valence-electron chi connectivity index (χ0n) is 19.0. The van der Waals surface area contributed by atoms with E-state index in [1.54, 1.807) is 5.57 Å². The van der Waals surface area contributed by atoms with Crippen molar-refractivity contribution in [3.63, 3.8) is 0 Å². The molecule has 29 heavy (non-hydrogen) atoms. The number of benzene rings is 1. The fraction of sp³-hybridized carbons (Fsp3) is 0.500. The molecule has 0 amide bonds. The SMILES string of the molecule is CC(C=CC1=C(C)CCCC1(C)C)=CC=Cc1ccc(CN2CCCCC2)cc1. The summed E-state index contributed by atoms with van der Waals surface area (Å²) in [7, 11) is 0. The van der Waals surface area contributed by atoms with Gasteiger partial charge in [0.15, 0.2) is 0 Å². The first-order valence-electron chi connectivity index (χ1n) is 11.5. The molecule has 1 aromatic carbocycles. The van der Waals surface area contributed by atoms with Gasteiger partial charge in [0.1, 0.15) is 0 Å². The third-order valence-electron chi connectivity index (χ3n) is 6.54. The Kier molecular flexibility index (Phi) is 7.72. The quantitative estimate of drug-likeness (QED) is 0.450. The standard InChI is InChI=1S/C28H39N/c1-23(13-18-27-24(2)11-9-19-28(27,3)4)10-8-12-25-14-16-26(17-15-25)22-29-20-6-5-7-21-29/h8,10,12-18H,5-7,9,11,19-22H2,1-4H3. The molecule has 3 rings (SSSR count). The molecule has 1 aromatic rings. The van der Waals surface area contributed by atoms with E-state index < -0.39 is 0 Å². The maximum atomic E-state index is 2.58. The maximum Gasteiger partial charge on any atom is 0.0233 e. The van der Waals surface area contributed by atoms with E-state index in [4.69, 9.17) is 0 Å². The molecule has 1 nitrogen and oxygen atoms in total. The van der Waals surface area contributed by atoms with E-state index in [1.807, 2.05) is 0 Å². The molecule has 0 spiro atoms. The molecule has 1 fully saturated rings. The number of rotatable bonds is 6. The summed E-state index contributed by atoms with van der Waals surface area (Å²) in [5.74, 6) is 0. The number of allylic oxidation sites excluding steroid dienone is 7. The van der Waals surface area contributed by atoms with Crippen LogP contribution in [-0.2, 0) is 6.54 Å². The number of hydrogen-bond donors (Lipinski definition) is 0. The number of hydrogen-bond acceptors (Lipinski definition) is 1. The van der Waals surface area contributed by atoms with Gasteiger partial charge in [-0.2, -0.15) is 0 Å². The summed E-state index contributed by atoms with van der Waals surface area (Å²) in [5.41, 5.74) is 7.40. The van der Waals surface area contributed by atoms with Gasteiger partial charge < -0.3 is 0 Å². The molecule has 1 heterocycles. The van der Waals surface area contributed by atoms with Gasteiger partial charge in [0, 0.05) is 6.54 Å². The molecule has 1 heteroatoms. The predicted molar refractivity (Wildman–Crippen MR) is 128 cm³/mol. The lowest BCUT2D eigenvalue weighted by Gasteiger charge is -2.32. The number of piperidine rings is 1. The summed E-state index contributed by atoms with van der Waals surface area (Å²) in [4.78, 5) is 2.58. The van der Waals surface area contributed by atoms with Crippen LogP contribution in [-0.4, -0.2) is 18.0 Å². The lowest BCUT2D eigenvalue weighted by atomic mass is 9.72. The minimum absolute atomic E-state index is 0.310. The number of likely N-dealkylation sites (tertiary alicyclic amines) is 1. The third kappa shape index (κ3) is 6.57. The molecule has 0 aromatic heterocycles. The van der Waals surface area contributed by atoms with Gasteiger partial charge in [0.2, 0.25) is 0 Å². The van der Waals surface area contributed by atoms with Crippen LogP contribution < -0.4 is 0 Å². The van der Waals surface area contributed by atoms with E-state index in [1.165, 1.54) is 73.9 Å². The Morgan fingerprint density at radius 3 is 2.41 bits per heavy atom. The Bertz CT molecular complexity index is 780. The van der Waals surface area contributed by atoms with Crippen LogP contribution in [0.3, 0.4) is 0 Å². The van der Waals surface area contributed by atoms with E-state index >= 15 is 0 Å². The highest BCUT2D eigenvalue weighted by Crippen LogP contribution is 2.40. The van der Waals surface area contributed by atoms with Gasteiger partial charge in [-0.25, -0.2) is 0 Å². The topological polar surface area (TPSA) is 3.24 Å². The van der Waals surface area contributed by atoms with Gasteiger partial charge in [0.05, 0.1) is 0 Å². The summed E-state index contributed by atoms with van der Waals surface area (Å²) in [5, 5.41) is 0. The van der Waals surface area contributed by atoms with Crippen molar-refractivity contribution < 1.29 is 0 Å². The second-order valence-corrected chi connectivity index (χ2v) is 9.61. The Balaban J connectivity index is 1.56. The predicted octanol–water partition coefficient (Wildman–Crippen LogP) is 7.71. The smallest absolute Gasteiger partial charge is 0.0233 e. The Hall–Kier alpha value is -1.86. The highest BCUT2D eigenvalue weighted by atomic mass is 15.1. The average Bonchev–Trinajstić information content (AvgIpc) is 2.69. The fourth-order valence-corrected chi connectivity index (χ4v) is 4.70.